The van der Waals surface area contributed by atoms with Crippen molar-refractivity contribution < 1.29 is 9.90 Å². The topological polar surface area (TPSA) is 49.3 Å². The fourth-order valence-electron chi connectivity index (χ4n) is 2.07. The lowest BCUT2D eigenvalue weighted by Crippen LogP contribution is -2.40. The Morgan fingerprint density at radius 1 is 1.54 bits per heavy atom. The highest BCUT2D eigenvalue weighted by molar-refractivity contribution is 5.70. The third-order valence-electron chi connectivity index (χ3n) is 2.60. The summed E-state index contributed by atoms with van der Waals surface area (Å²) < 4.78 is 0. The van der Waals surface area contributed by atoms with Gasteiger partial charge in [-0.1, -0.05) is 13.8 Å². The number of carboxylic acids is 1. The Bertz CT molecular complexity index is 180. The first kappa shape index (κ1) is 10.5. The molecule has 0 aromatic heterocycles. The SMILES string of the molecule is CC(C)CC1CNCC(C(=O)O)C1. The normalized spacial score (nSPS) is 29.2. The number of carbonyl (C=O) groups is 1. The van der Waals surface area contributed by atoms with E-state index in [0.29, 0.717) is 18.4 Å². The van der Waals surface area contributed by atoms with E-state index in [-0.39, 0.29) is 5.92 Å². The van der Waals surface area contributed by atoms with Gasteiger partial charge in [0.05, 0.1) is 5.92 Å². The maximum Gasteiger partial charge on any atom is 0.307 e. The van der Waals surface area contributed by atoms with Gasteiger partial charge >= 0.3 is 5.97 Å². The van der Waals surface area contributed by atoms with Crippen LogP contribution in [0.1, 0.15) is 26.7 Å². The molecule has 2 unspecified atom stereocenters. The number of carboxylic acid groups (broad SMARTS) is 1. The lowest BCUT2D eigenvalue weighted by atomic mass is 9.85. The molecule has 0 bridgehead atoms. The highest BCUT2D eigenvalue weighted by Gasteiger charge is 2.26. The van der Waals surface area contributed by atoms with Gasteiger partial charge in [-0.15, -0.1) is 0 Å². The minimum Gasteiger partial charge on any atom is -0.481 e. The van der Waals surface area contributed by atoms with Gasteiger partial charge in [0.15, 0.2) is 0 Å². The van der Waals surface area contributed by atoms with Crippen molar-refractivity contribution in [3.8, 4) is 0 Å². The van der Waals surface area contributed by atoms with E-state index in [1.807, 2.05) is 0 Å². The van der Waals surface area contributed by atoms with E-state index >= 15 is 0 Å². The molecule has 2 N–H and O–H groups in total. The van der Waals surface area contributed by atoms with Crippen LogP contribution in [-0.4, -0.2) is 24.2 Å². The molecule has 0 saturated carbocycles. The average Bonchev–Trinajstić information content (AvgIpc) is 2.03. The smallest absolute Gasteiger partial charge is 0.307 e. The fourth-order valence-corrected chi connectivity index (χ4v) is 2.07. The van der Waals surface area contributed by atoms with Crippen LogP contribution in [0.3, 0.4) is 0 Å². The molecule has 3 nitrogen and oxygen atoms in total. The van der Waals surface area contributed by atoms with Gasteiger partial charge in [-0.05, 0) is 31.2 Å². The molecule has 0 spiro atoms. The number of rotatable bonds is 3. The van der Waals surface area contributed by atoms with Crippen molar-refractivity contribution in [2.45, 2.75) is 26.7 Å². The van der Waals surface area contributed by atoms with E-state index in [9.17, 15) is 4.79 Å². The van der Waals surface area contributed by atoms with Gasteiger partial charge in [-0.25, -0.2) is 0 Å². The molecule has 1 aliphatic heterocycles. The Labute approximate surface area is 79.5 Å². The summed E-state index contributed by atoms with van der Waals surface area (Å²) in [4.78, 5) is 10.7. The maximum absolute atomic E-state index is 10.7. The molecule has 0 aromatic rings. The van der Waals surface area contributed by atoms with E-state index in [0.717, 1.165) is 19.4 Å². The van der Waals surface area contributed by atoms with Crippen LogP contribution >= 0.6 is 0 Å². The number of hydrogen-bond acceptors (Lipinski definition) is 2. The van der Waals surface area contributed by atoms with Crippen LogP contribution < -0.4 is 5.32 Å². The lowest BCUT2D eigenvalue weighted by molar-refractivity contribution is -0.142. The molecule has 13 heavy (non-hydrogen) atoms. The van der Waals surface area contributed by atoms with Gasteiger partial charge < -0.3 is 10.4 Å². The van der Waals surface area contributed by atoms with Gasteiger partial charge in [0.1, 0.15) is 0 Å². The summed E-state index contributed by atoms with van der Waals surface area (Å²) in [5.74, 6) is 0.396. The Balaban J connectivity index is 2.37. The molecule has 1 fully saturated rings. The zero-order chi connectivity index (χ0) is 9.84. The molecular formula is C10H19NO2. The summed E-state index contributed by atoms with van der Waals surface area (Å²) in [6, 6.07) is 0. The monoisotopic (exact) mass is 185 g/mol. The van der Waals surface area contributed by atoms with E-state index < -0.39 is 5.97 Å². The number of piperidine rings is 1. The molecule has 0 amide bonds. The molecule has 0 radical (unpaired) electrons. The molecule has 0 aromatic carbocycles. The molecule has 3 heteroatoms. The maximum atomic E-state index is 10.7. The molecule has 76 valence electrons. The van der Waals surface area contributed by atoms with E-state index in [1.54, 1.807) is 0 Å². The second-order valence-electron chi connectivity index (χ2n) is 4.42. The summed E-state index contributed by atoms with van der Waals surface area (Å²) in [6.07, 6.45) is 1.98. The van der Waals surface area contributed by atoms with Gasteiger partial charge in [-0.3, -0.25) is 4.79 Å². The molecule has 2 atom stereocenters. The van der Waals surface area contributed by atoms with Crippen LogP contribution in [0.5, 0.6) is 0 Å². The molecule has 1 heterocycles. The van der Waals surface area contributed by atoms with Crippen molar-refractivity contribution in [2.75, 3.05) is 13.1 Å². The van der Waals surface area contributed by atoms with E-state index in [1.165, 1.54) is 0 Å². The quantitative estimate of drug-likeness (QED) is 0.697. The summed E-state index contributed by atoms with van der Waals surface area (Å²) in [5.41, 5.74) is 0. The van der Waals surface area contributed by atoms with Crippen molar-refractivity contribution in [1.82, 2.24) is 5.32 Å². The Morgan fingerprint density at radius 3 is 2.77 bits per heavy atom. The number of aliphatic carboxylic acids is 1. The first-order valence-corrected chi connectivity index (χ1v) is 5.03. The fraction of sp³-hybridized carbons (Fsp3) is 0.900. The second-order valence-corrected chi connectivity index (χ2v) is 4.42. The van der Waals surface area contributed by atoms with Crippen LogP contribution in [0.2, 0.25) is 0 Å². The number of nitrogens with one attached hydrogen (secondary N) is 1. The van der Waals surface area contributed by atoms with Gasteiger partial charge in [-0.2, -0.15) is 0 Å². The summed E-state index contributed by atoms with van der Waals surface area (Å²) in [6.45, 7) is 6.00. The predicted octanol–water partition coefficient (Wildman–Crippen LogP) is 1.34. The molecule has 0 aliphatic carbocycles. The van der Waals surface area contributed by atoms with Crippen LogP contribution in [-0.2, 0) is 4.79 Å². The molecule has 1 rings (SSSR count). The zero-order valence-corrected chi connectivity index (χ0v) is 8.42. The largest absolute Gasteiger partial charge is 0.481 e. The van der Waals surface area contributed by atoms with Crippen molar-refractivity contribution in [2.24, 2.45) is 17.8 Å². The number of hydrogen-bond donors (Lipinski definition) is 2. The Hall–Kier alpha value is -0.570. The highest BCUT2D eigenvalue weighted by Crippen LogP contribution is 2.22. The highest BCUT2D eigenvalue weighted by atomic mass is 16.4. The predicted molar refractivity (Wildman–Crippen MR) is 51.6 cm³/mol. The Kier molecular flexibility index (Phi) is 3.72. The summed E-state index contributed by atoms with van der Waals surface area (Å²) >= 11 is 0. The zero-order valence-electron chi connectivity index (χ0n) is 8.42. The van der Waals surface area contributed by atoms with Crippen molar-refractivity contribution in [3.05, 3.63) is 0 Å². The lowest BCUT2D eigenvalue weighted by Gasteiger charge is -2.28. The first-order chi connectivity index (χ1) is 6.09. The molecular weight excluding hydrogens is 166 g/mol. The van der Waals surface area contributed by atoms with Crippen LogP contribution in [0.25, 0.3) is 0 Å². The summed E-state index contributed by atoms with van der Waals surface area (Å²) in [7, 11) is 0. The van der Waals surface area contributed by atoms with Crippen molar-refractivity contribution in [3.63, 3.8) is 0 Å². The van der Waals surface area contributed by atoms with Gasteiger partial charge in [0, 0.05) is 6.54 Å². The Morgan fingerprint density at radius 2 is 2.23 bits per heavy atom. The minimum absolute atomic E-state index is 0.169. The molecule has 1 aliphatic rings. The third kappa shape index (κ3) is 3.35. The average molecular weight is 185 g/mol. The van der Waals surface area contributed by atoms with Crippen LogP contribution in [0.15, 0.2) is 0 Å². The van der Waals surface area contributed by atoms with E-state index in [2.05, 4.69) is 19.2 Å². The van der Waals surface area contributed by atoms with Crippen molar-refractivity contribution in [1.29, 1.82) is 0 Å². The van der Waals surface area contributed by atoms with Gasteiger partial charge in [0.2, 0.25) is 0 Å². The first-order valence-electron chi connectivity index (χ1n) is 5.03. The van der Waals surface area contributed by atoms with E-state index in [4.69, 9.17) is 5.11 Å². The summed E-state index contributed by atoms with van der Waals surface area (Å²) in [5, 5.41) is 12.0. The standard InChI is InChI=1S/C10H19NO2/c1-7(2)3-8-4-9(10(12)13)6-11-5-8/h7-9,11H,3-6H2,1-2H3,(H,12,13). The van der Waals surface area contributed by atoms with Crippen LogP contribution in [0.4, 0.5) is 0 Å². The minimum atomic E-state index is -0.652. The van der Waals surface area contributed by atoms with Gasteiger partial charge in [0.25, 0.3) is 0 Å². The van der Waals surface area contributed by atoms with Crippen molar-refractivity contribution >= 4 is 5.97 Å². The third-order valence-corrected chi connectivity index (χ3v) is 2.60. The van der Waals surface area contributed by atoms with Crippen LogP contribution in [0, 0.1) is 17.8 Å². The second kappa shape index (κ2) is 4.61. The molecule has 1 saturated heterocycles.